The molecule has 2 aromatic carbocycles. The molecule has 0 bridgehead atoms. The number of methoxy groups -OCH3 is 1. The molecule has 0 amide bonds. The molecule has 8 nitrogen and oxygen atoms in total. The van der Waals surface area contributed by atoms with Gasteiger partial charge in [0.1, 0.15) is 23.7 Å². The zero-order valence-corrected chi connectivity index (χ0v) is 18.1. The topological polar surface area (TPSA) is 88.9 Å². The van der Waals surface area contributed by atoms with Crippen LogP contribution in [-0.4, -0.2) is 50.0 Å². The van der Waals surface area contributed by atoms with E-state index in [9.17, 15) is 5.26 Å². The molecule has 1 aromatic heterocycles. The molecule has 32 heavy (non-hydrogen) atoms. The van der Waals surface area contributed by atoms with E-state index >= 15 is 0 Å². The summed E-state index contributed by atoms with van der Waals surface area (Å²) in [4.78, 5) is 6.81. The maximum Gasteiger partial charge on any atom is 0.231 e. The molecule has 3 heterocycles. The molecule has 0 aliphatic carbocycles. The highest BCUT2D eigenvalue weighted by atomic mass is 16.7. The molecule has 164 valence electrons. The predicted molar refractivity (Wildman–Crippen MR) is 120 cm³/mol. The first kappa shape index (κ1) is 20.2. The summed E-state index contributed by atoms with van der Waals surface area (Å²) in [6.07, 6.45) is 3.50. The van der Waals surface area contributed by atoms with Gasteiger partial charge in [-0.05, 0) is 32.0 Å². The maximum absolute atomic E-state index is 9.83. The van der Waals surface area contributed by atoms with Gasteiger partial charge in [-0.15, -0.1) is 0 Å². The fourth-order valence-electron chi connectivity index (χ4n) is 4.13. The second kappa shape index (κ2) is 8.44. The molecule has 5 rings (SSSR count). The number of benzene rings is 2. The molecular formula is C24H24N4O4. The average molecular weight is 432 g/mol. The molecule has 1 N–H and O–H groups in total. The van der Waals surface area contributed by atoms with Gasteiger partial charge in [-0.25, -0.2) is 0 Å². The van der Waals surface area contributed by atoms with Crippen molar-refractivity contribution in [2.45, 2.75) is 18.9 Å². The van der Waals surface area contributed by atoms with Crippen molar-refractivity contribution in [2.75, 3.05) is 39.4 Å². The summed E-state index contributed by atoms with van der Waals surface area (Å²) in [6.45, 7) is 2.12. The van der Waals surface area contributed by atoms with E-state index in [-0.39, 0.29) is 12.9 Å². The molecule has 2 aliphatic rings. The molecule has 8 heteroatoms. The van der Waals surface area contributed by atoms with E-state index in [1.54, 1.807) is 13.3 Å². The first-order valence-electron chi connectivity index (χ1n) is 10.6. The number of ether oxygens (including phenoxy) is 4. The minimum Gasteiger partial charge on any atom is -0.497 e. The van der Waals surface area contributed by atoms with Gasteiger partial charge in [0, 0.05) is 31.4 Å². The maximum atomic E-state index is 9.83. The normalized spacial score (nSPS) is 16.0. The van der Waals surface area contributed by atoms with Crippen molar-refractivity contribution in [1.82, 2.24) is 9.88 Å². The highest BCUT2D eigenvalue weighted by molar-refractivity contribution is 6.01. The van der Waals surface area contributed by atoms with Crippen LogP contribution >= 0.6 is 0 Å². The summed E-state index contributed by atoms with van der Waals surface area (Å²) in [5, 5.41) is 14.0. The molecule has 0 spiro atoms. The molecule has 0 saturated carbocycles. The van der Waals surface area contributed by atoms with E-state index in [0.29, 0.717) is 45.5 Å². The minimum atomic E-state index is 0.0813. The standard InChI is InChI=1S/C24H24N4O4/c1-28-8-6-16(7-9-28)32-21-11-17(29-2)10-19-22(21)23(15(12-25)13-26-19)27-18-4-3-5-20-24(18)31-14-30-20/h3-5,10-11,13,16H,6-9,14H2,1-2H3,(H,26,27). The van der Waals surface area contributed by atoms with Crippen LogP contribution in [-0.2, 0) is 0 Å². The number of nitrogens with zero attached hydrogens (tertiary/aromatic N) is 3. The van der Waals surface area contributed by atoms with Gasteiger partial charge in [-0.2, -0.15) is 5.26 Å². The van der Waals surface area contributed by atoms with Crippen LogP contribution in [0.2, 0.25) is 0 Å². The van der Waals surface area contributed by atoms with Gasteiger partial charge in [-0.3, -0.25) is 4.98 Å². The van der Waals surface area contributed by atoms with E-state index in [2.05, 4.69) is 28.3 Å². The lowest BCUT2D eigenvalue weighted by molar-refractivity contribution is 0.115. The molecule has 2 aliphatic heterocycles. The molecule has 1 fully saturated rings. The summed E-state index contributed by atoms with van der Waals surface area (Å²) < 4.78 is 23.1. The second-order valence-electron chi connectivity index (χ2n) is 7.96. The Morgan fingerprint density at radius 3 is 2.84 bits per heavy atom. The lowest BCUT2D eigenvalue weighted by atomic mass is 10.1. The SMILES string of the molecule is COc1cc(OC2CCN(C)CC2)c2c(Nc3cccc4c3OCO4)c(C#N)cnc2c1. The summed E-state index contributed by atoms with van der Waals surface area (Å²) in [5.41, 5.74) is 2.42. The Balaban J connectivity index is 1.63. The van der Waals surface area contributed by atoms with Crippen molar-refractivity contribution < 1.29 is 18.9 Å². The molecular weight excluding hydrogens is 408 g/mol. The summed E-state index contributed by atoms with van der Waals surface area (Å²) >= 11 is 0. The molecule has 0 unspecified atom stereocenters. The summed E-state index contributed by atoms with van der Waals surface area (Å²) in [6, 6.07) is 11.6. The Morgan fingerprint density at radius 2 is 2.06 bits per heavy atom. The Labute approximate surface area is 186 Å². The van der Waals surface area contributed by atoms with Crippen LogP contribution in [0.1, 0.15) is 18.4 Å². The Kier molecular flexibility index (Phi) is 5.33. The van der Waals surface area contributed by atoms with Crippen molar-refractivity contribution in [3.8, 4) is 29.1 Å². The number of rotatable bonds is 5. The van der Waals surface area contributed by atoms with Gasteiger partial charge in [0.25, 0.3) is 0 Å². The second-order valence-corrected chi connectivity index (χ2v) is 7.96. The van der Waals surface area contributed by atoms with E-state index in [0.717, 1.165) is 31.3 Å². The number of likely N-dealkylation sites (tertiary alicyclic amines) is 1. The predicted octanol–water partition coefficient (Wildman–Crippen LogP) is 4.06. The van der Waals surface area contributed by atoms with Gasteiger partial charge < -0.3 is 29.2 Å². The summed E-state index contributed by atoms with van der Waals surface area (Å²) in [5.74, 6) is 2.58. The highest BCUT2D eigenvalue weighted by Gasteiger charge is 2.24. The number of anilines is 2. The quantitative estimate of drug-likeness (QED) is 0.646. The molecule has 0 atom stereocenters. The van der Waals surface area contributed by atoms with Crippen LogP contribution in [0.15, 0.2) is 36.5 Å². The van der Waals surface area contributed by atoms with Crippen LogP contribution in [0.3, 0.4) is 0 Å². The van der Waals surface area contributed by atoms with E-state index in [4.69, 9.17) is 18.9 Å². The summed E-state index contributed by atoms with van der Waals surface area (Å²) in [7, 11) is 3.74. The third-order valence-corrected chi connectivity index (χ3v) is 5.88. The number of hydrogen-bond donors (Lipinski definition) is 1. The van der Waals surface area contributed by atoms with Crippen molar-refractivity contribution in [3.63, 3.8) is 0 Å². The van der Waals surface area contributed by atoms with E-state index in [1.807, 2.05) is 30.3 Å². The third kappa shape index (κ3) is 3.72. The smallest absolute Gasteiger partial charge is 0.231 e. The Morgan fingerprint density at radius 1 is 1.22 bits per heavy atom. The first-order chi connectivity index (χ1) is 15.7. The Hall–Kier alpha value is -3.70. The average Bonchev–Trinajstić information content (AvgIpc) is 3.30. The molecule has 3 aromatic rings. The fourth-order valence-corrected chi connectivity index (χ4v) is 4.13. The number of hydrogen-bond acceptors (Lipinski definition) is 8. The number of aromatic nitrogens is 1. The molecule has 1 saturated heterocycles. The van der Waals surface area contributed by atoms with E-state index < -0.39 is 0 Å². The van der Waals surface area contributed by atoms with Crippen molar-refractivity contribution in [3.05, 3.63) is 42.1 Å². The third-order valence-electron chi connectivity index (χ3n) is 5.88. The van der Waals surface area contributed by atoms with Crippen LogP contribution < -0.4 is 24.3 Å². The number of nitrogens with one attached hydrogen (secondary N) is 1. The first-order valence-corrected chi connectivity index (χ1v) is 10.6. The minimum absolute atomic E-state index is 0.0813. The monoisotopic (exact) mass is 432 g/mol. The Bertz CT molecular complexity index is 1200. The lowest BCUT2D eigenvalue weighted by Crippen LogP contribution is -2.35. The van der Waals surface area contributed by atoms with Gasteiger partial charge >= 0.3 is 0 Å². The largest absolute Gasteiger partial charge is 0.497 e. The zero-order valence-electron chi connectivity index (χ0n) is 18.1. The highest BCUT2D eigenvalue weighted by Crippen LogP contribution is 2.44. The van der Waals surface area contributed by atoms with Crippen molar-refractivity contribution in [1.29, 1.82) is 5.26 Å². The number of pyridine rings is 1. The van der Waals surface area contributed by atoms with Gasteiger partial charge in [-0.1, -0.05) is 6.07 Å². The van der Waals surface area contributed by atoms with E-state index in [1.165, 1.54) is 0 Å². The number of piperidine rings is 1. The molecule has 0 radical (unpaired) electrons. The van der Waals surface area contributed by atoms with Crippen LogP contribution in [0, 0.1) is 11.3 Å². The van der Waals surface area contributed by atoms with Gasteiger partial charge in [0.15, 0.2) is 11.5 Å². The van der Waals surface area contributed by atoms with Crippen LogP contribution in [0.25, 0.3) is 10.9 Å². The number of para-hydroxylation sites is 1. The van der Waals surface area contributed by atoms with Crippen LogP contribution in [0.5, 0.6) is 23.0 Å². The van der Waals surface area contributed by atoms with Crippen LogP contribution in [0.4, 0.5) is 11.4 Å². The number of nitriles is 1. The van der Waals surface area contributed by atoms with Crippen molar-refractivity contribution >= 4 is 22.3 Å². The van der Waals surface area contributed by atoms with Gasteiger partial charge in [0.05, 0.1) is 35.0 Å². The van der Waals surface area contributed by atoms with Gasteiger partial charge in [0.2, 0.25) is 6.79 Å². The van der Waals surface area contributed by atoms with Crippen molar-refractivity contribution in [2.24, 2.45) is 0 Å². The lowest BCUT2D eigenvalue weighted by Gasteiger charge is -2.30. The number of fused-ring (bicyclic) bond motifs is 2. The fraction of sp³-hybridized carbons (Fsp3) is 0.333. The zero-order chi connectivity index (χ0) is 22.1.